The molecule has 1 heterocycles. The fourth-order valence-corrected chi connectivity index (χ4v) is 2.37. The Labute approximate surface area is 148 Å². The van der Waals surface area contributed by atoms with Crippen LogP contribution in [0.25, 0.3) is 0 Å². The molecular formula is C19H16FN3O3. The molecule has 0 radical (unpaired) electrons. The predicted molar refractivity (Wildman–Crippen MR) is 95.0 cm³/mol. The first-order valence-electron chi connectivity index (χ1n) is 7.83. The lowest BCUT2D eigenvalue weighted by Crippen LogP contribution is -2.20. The Bertz CT molecular complexity index is 967. The van der Waals surface area contributed by atoms with Crippen molar-refractivity contribution in [3.63, 3.8) is 0 Å². The molecule has 0 aliphatic heterocycles. The number of carbonyl (C=O) groups is 1. The molecule has 1 aromatic heterocycles. The number of aromatic amines is 1. The number of nitrogens with zero attached hydrogens (tertiary/aromatic N) is 1. The molecule has 2 N–H and O–H groups in total. The van der Waals surface area contributed by atoms with Gasteiger partial charge in [0.05, 0.1) is 7.11 Å². The molecule has 7 heteroatoms. The summed E-state index contributed by atoms with van der Waals surface area (Å²) >= 11 is 0. The normalized spacial score (nSPS) is 10.4. The number of rotatable bonds is 5. The van der Waals surface area contributed by atoms with Crippen molar-refractivity contribution in [2.24, 2.45) is 0 Å². The number of ether oxygens (including phenoxy) is 1. The van der Waals surface area contributed by atoms with Gasteiger partial charge in [0, 0.05) is 18.2 Å². The SMILES string of the molecule is COc1ccc(Cc2nc(C(=O)Nc3ccc(F)cc3)cc(=O)[nH]2)cc1. The molecular weight excluding hydrogens is 337 g/mol. The number of benzene rings is 2. The smallest absolute Gasteiger partial charge is 0.274 e. The molecule has 6 nitrogen and oxygen atoms in total. The van der Waals surface area contributed by atoms with Crippen molar-refractivity contribution in [2.75, 3.05) is 12.4 Å². The zero-order chi connectivity index (χ0) is 18.5. The minimum absolute atomic E-state index is 0.0124. The van der Waals surface area contributed by atoms with Crippen LogP contribution in [0.2, 0.25) is 0 Å². The van der Waals surface area contributed by atoms with Gasteiger partial charge in [-0.05, 0) is 42.0 Å². The molecule has 0 unspecified atom stereocenters. The van der Waals surface area contributed by atoms with Crippen LogP contribution in [0.15, 0.2) is 59.4 Å². The highest BCUT2D eigenvalue weighted by Gasteiger charge is 2.11. The van der Waals surface area contributed by atoms with E-state index in [9.17, 15) is 14.0 Å². The minimum Gasteiger partial charge on any atom is -0.497 e. The monoisotopic (exact) mass is 353 g/mol. The van der Waals surface area contributed by atoms with E-state index in [0.29, 0.717) is 17.9 Å². The van der Waals surface area contributed by atoms with Gasteiger partial charge < -0.3 is 15.0 Å². The van der Waals surface area contributed by atoms with Crippen LogP contribution in [0.5, 0.6) is 5.75 Å². The molecule has 3 aromatic rings. The second-order valence-electron chi connectivity index (χ2n) is 5.56. The Morgan fingerprint density at radius 3 is 2.50 bits per heavy atom. The van der Waals surface area contributed by atoms with Gasteiger partial charge >= 0.3 is 0 Å². The lowest BCUT2D eigenvalue weighted by molar-refractivity contribution is 0.102. The first-order chi connectivity index (χ1) is 12.5. The Balaban J connectivity index is 1.78. The van der Waals surface area contributed by atoms with E-state index in [1.54, 1.807) is 19.2 Å². The van der Waals surface area contributed by atoms with Crippen LogP contribution in [-0.4, -0.2) is 23.0 Å². The molecule has 0 aliphatic carbocycles. The van der Waals surface area contributed by atoms with Crippen molar-refractivity contribution in [1.29, 1.82) is 0 Å². The van der Waals surface area contributed by atoms with Crippen LogP contribution in [0, 0.1) is 5.82 Å². The average Bonchev–Trinajstić information content (AvgIpc) is 2.64. The third-order valence-electron chi connectivity index (χ3n) is 3.66. The number of H-pyrrole nitrogens is 1. The molecule has 132 valence electrons. The Kier molecular flexibility index (Phi) is 5.07. The Hall–Kier alpha value is -3.48. The number of nitrogens with one attached hydrogen (secondary N) is 2. The third-order valence-corrected chi connectivity index (χ3v) is 3.66. The van der Waals surface area contributed by atoms with Crippen molar-refractivity contribution in [3.8, 4) is 5.75 Å². The van der Waals surface area contributed by atoms with Crippen molar-refractivity contribution >= 4 is 11.6 Å². The van der Waals surface area contributed by atoms with E-state index < -0.39 is 17.3 Å². The average molecular weight is 353 g/mol. The van der Waals surface area contributed by atoms with Crippen LogP contribution < -0.4 is 15.6 Å². The molecule has 0 saturated heterocycles. The molecule has 2 aromatic carbocycles. The summed E-state index contributed by atoms with van der Waals surface area (Å²) in [6.07, 6.45) is 0.358. The zero-order valence-electron chi connectivity index (χ0n) is 14.0. The van der Waals surface area contributed by atoms with Crippen LogP contribution in [0.1, 0.15) is 21.9 Å². The summed E-state index contributed by atoms with van der Waals surface area (Å²) in [5, 5.41) is 2.58. The number of carbonyl (C=O) groups excluding carboxylic acids is 1. The van der Waals surface area contributed by atoms with Crippen LogP contribution in [0.3, 0.4) is 0 Å². The summed E-state index contributed by atoms with van der Waals surface area (Å²) < 4.78 is 18.0. The van der Waals surface area contributed by atoms with Gasteiger partial charge in [-0.15, -0.1) is 0 Å². The maximum absolute atomic E-state index is 12.9. The number of methoxy groups -OCH3 is 1. The highest BCUT2D eigenvalue weighted by atomic mass is 19.1. The molecule has 3 rings (SSSR count). The van der Waals surface area contributed by atoms with Crippen molar-refractivity contribution < 1.29 is 13.9 Å². The van der Waals surface area contributed by atoms with Gasteiger partial charge in [-0.3, -0.25) is 9.59 Å². The van der Waals surface area contributed by atoms with E-state index in [1.165, 1.54) is 24.3 Å². The lowest BCUT2D eigenvalue weighted by Gasteiger charge is -2.07. The molecule has 26 heavy (non-hydrogen) atoms. The summed E-state index contributed by atoms with van der Waals surface area (Å²) in [4.78, 5) is 31.0. The van der Waals surface area contributed by atoms with Crippen molar-refractivity contribution in [1.82, 2.24) is 9.97 Å². The largest absolute Gasteiger partial charge is 0.497 e. The van der Waals surface area contributed by atoms with Gasteiger partial charge in [0.2, 0.25) is 0 Å². The Morgan fingerprint density at radius 1 is 1.15 bits per heavy atom. The fraction of sp³-hybridized carbons (Fsp3) is 0.105. The summed E-state index contributed by atoms with van der Waals surface area (Å²) in [5.74, 6) is 0.146. The van der Waals surface area contributed by atoms with Gasteiger partial charge in [-0.2, -0.15) is 0 Å². The first kappa shape index (κ1) is 17.3. The standard InChI is InChI=1S/C19H16FN3O3/c1-26-15-8-2-12(3-9-15)10-17-22-16(11-18(24)23-17)19(25)21-14-6-4-13(20)5-7-14/h2-9,11H,10H2,1H3,(H,21,25)(H,22,23,24). The number of anilines is 1. The summed E-state index contributed by atoms with van der Waals surface area (Å²) in [6, 6.07) is 13.8. The topological polar surface area (TPSA) is 84.1 Å². The van der Waals surface area contributed by atoms with E-state index in [0.717, 1.165) is 17.4 Å². The van der Waals surface area contributed by atoms with E-state index in [2.05, 4.69) is 15.3 Å². The predicted octanol–water partition coefficient (Wildman–Crippen LogP) is 2.76. The number of hydrogen-bond acceptors (Lipinski definition) is 4. The zero-order valence-corrected chi connectivity index (χ0v) is 14.0. The van der Waals surface area contributed by atoms with Gasteiger partial charge in [-0.1, -0.05) is 12.1 Å². The van der Waals surface area contributed by atoms with Gasteiger partial charge in [0.25, 0.3) is 11.5 Å². The van der Waals surface area contributed by atoms with Crippen LogP contribution in [-0.2, 0) is 6.42 Å². The van der Waals surface area contributed by atoms with E-state index in [-0.39, 0.29) is 5.69 Å². The molecule has 0 aliphatic rings. The van der Waals surface area contributed by atoms with Gasteiger partial charge in [0.15, 0.2) is 0 Å². The van der Waals surface area contributed by atoms with Crippen molar-refractivity contribution in [3.05, 3.63) is 87.9 Å². The quantitative estimate of drug-likeness (QED) is 0.739. The lowest BCUT2D eigenvalue weighted by atomic mass is 10.1. The van der Waals surface area contributed by atoms with E-state index >= 15 is 0 Å². The summed E-state index contributed by atoms with van der Waals surface area (Å²) in [5.41, 5.74) is 0.884. The minimum atomic E-state index is -0.543. The summed E-state index contributed by atoms with van der Waals surface area (Å²) in [6.45, 7) is 0. The maximum atomic E-state index is 12.9. The fourth-order valence-electron chi connectivity index (χ4n) is 2.37. The third kappa shape index (κ3) is 4.32. The molecule has 0 atom stereocenters. The second-order valence-corrected chi connectivity index (χ2v) is 5.56. The number of halogens is 1. The van der Waals surface area contributed by atoms with Crippen LogP contribution in [0.4, 0.5) is 10.1 Å². The highest BCUT2D eigenvalue weighted by Crippen LogP contribution is 2.13. The number of aromatic nitrogens is 2. The van der Waals surface area contributed by atoms with Crippen molar-refractivity contribution in [2.45, 2.75) is 6.42 Å². The molecule has 1 amide bonds. The van der Waals surface area contributed by atoms with E-state index in [1.807, 2.05) is 12.1 Å². The number of hydrogen-bond donors (Lipinski definition) is 2. The Morgan fingerprint density at radius 2 is 1.85 bits per heavy atom. The molecule has 0 spiro atoms. The maximum Gasteiger partial charge on any atom is 0.274 e. The highest BCUT2D eigenvalue weighted by molar-refractivity contribution is 6.02. The van der Waals surface area contributed by atoms with Crippen LogP contribution >= 0.6 is 0 Å². The first-order valence-corrected chi connectivity index (χ1v) is 7.83. The summed E-state index contributed by atoms with van der Waals surface area (Å²) in [7, 11) is 1.58. The number of amides is 1. The molecule has 0 bridgehead atoms. The molecule has 0 fully saturated rings. The second kappa shape index (κ2) is 7.60. The van der Waals surface area contributed by atoms with Gasteiger partial charge in [0.1, 0.15) is 23.1 Å². The van der Waals surface area contributed by atoms with E-state index in [4.69, 9.17) is 4.74 Å². The molecule has 0 saturated carbocycles. The van der Waals surface area contributed by atoms with Gasteiger partial charge in [-0.25, -0.2) is 9.37 Å².